The van der Waals surface area contributed by atoms with E-state index in [1.807, 2.05) is 24.5 Å². The third-order valence-electron chi connectivity index (χ3n) is 4.64. The molecule has 0 radical (unpaired) electrons. The van der Waals surface area contributed by atoms with Gasteiger partial charge in [0.15, 0.2) is 0 Å². The van der Waals surface area contributed by atoms with E-state index in [1.54, 1.807) is 0 Å². The van der Waals surface area contributed by atoms with Gasteiger partial charge in [0, 0.05) is 37.4 Å². The summed E-state index contributed by atoms with van der Waals surface area (Å²) in [7, 11) is 0. The lowest BCUT2D eigenvalue weighted by atomic mass is 10.0. The molecule has 1 aliphatic rings. The zero-order valence-corrected chi connectivity index (χ0v) is 13.7. The average molecular weight is 318 g/mol. The number of para-hydroxylation sites is 1. The lowest BCUT2D eigenvalue weighted by Crippen LogP contribution is -2.33. The summed E-state index contributed by atoms with van der Waals surface area (Å²) in [5, 5.41) is 4.67. The molecule has 1 aromatic carbocycles. The Balaban J connectivity index is 1.78. The van der Waals surface area contributed by atoms with Crippen LogP contribution in [0.1, 0.15) is 23.7 Å². The highest BCUT2D eigenvalue weighted by atomic mass is 15.2. The van der Waals surface area contributed by atoms with E-state index < -0.39 is 0 Å². The van der Waals surface area contributed by atoms with Crippen molar-refractivity contribution in [3.05, 3.63) is 72.2 Å². The Labute approximate surface area is 142 Å². The average Bonchev–Trinajstić information content (AvgIpc) is 2.92. The van der Waals surface area contributed by atoms with Gasteiger partial charge in [-0.15, -0.1) is 0 Å². The zero-order chi connectivity index (χ0) is 16.2. The van der Waals surface area contributed by atoms with Gasteiger partial charge in [0.2, 0.25) is 0 Å². The maximum Gasteiger partial charge on any atom is 0.0792 e. The van der Waals surface area contributed by atoms with Crippen LogP contribution >= 0.6 is 0 Å². The fourth-order valence-corrected chi connectivity index (χ4v) is 3.47. The van der Waals surface area contributed by atoms with Crippen LogP contribution in [0.15, 0.2) is 60.9 Å². The topological polar surface area (TPSA) is 41.1 Å². The summed E-state index contributed by atoms with van der Waals surface area (Å²) >= 11 is 0. The molecule has 122 valence electrons. The highest BCUT2D eigenvalue weighted by Gasteiger charge is 2.24. The molecule has 1 saturated heterocycles. The number of nitrogens with zero attached hydrogens (tertiary/aromatic N) is 3. The van der Waals surface area contributed by atoms with Gasteiger partial charge in [-0.1, -0.05) is 30.3 Å². The summed E-state index contributed by atoms with van der Waals surface area (Å²) in [6.45, 7) is 4.20. The normalized spacial score (nSPS) is 17.5. The van der Waals surface area contributed by atoms with E-state index >= 15 is 0 Å². The molecule has 0 bridgehead atoms. The molecule has 0 amide bonds. The van der Waals surface area contributed by atoms with Gasteiger partial charge in [0.05, 0.1) is 17.3 Å². The second-order valence-corrected chi connectivity index (χ2v) is 6.26. The van der Waals surface area contributed by atoms with Gasteiger partial charge in [-0.25, -0.2) is 0 Å². The van der Waals surface area contributed by atoms with Crippen molar-refractivity contribution in [2.45, 2.75) is 12.5 Å². The molecule has 0 spiro atoms. The Morgan fingerprint density at radius 3 is 2.83 bits per heavy atom. The smallest absolute Gasteiger partial charge is 0.0792 e. The standard InChI is InChI=1S/C20H22N4/c1-2-7-18-16(5-1)8-9-19(23-18)20(17-6-3-10-22-15-17)24-13-4-11-21-12-14-24/h1-3,5-10,15,20-21H,4,11-14H2. The quantitative estimate of drug-likeness (QED) is 0.806. The van der Waals surface area contributed by atoms with Gasteiger partial charge in [-0.3, -0.25) is 14.9 Å². The lowest BCUT2D eigenvalue weighted by Gasteiger charge is -2.30. The summed E-state index contributed by atoms with van der Waals surface area (Å²) < 4.78 is 0. The first-order valence-electron chi connectivity index (χ1n) is 8.62. The lowest BCUT2D eigenvalue weighted by molar-refractivity contribution is 0.237. The molecule has 24 heavy (non-hydrogen) atoms. The van der Waals surface area contributed by atoms with Crippen LogP contribution in [-0.2, 0) is 0 Å². The second-order valence-electron chi connectivity index (χ2n) is 6.26. The van der Waals surface area contributed by atoms with Crippen LogP contribution in [0.2, 0.25) is 0 Å². The molecule has 1 atom stereocenters. The number of fused-ring (bicyclic) bond motifs is 1. The van der Waals surface area contributed by atoms with Gasteiger partial charge in [-0.2, -0.15) is 0 Å². The van der Waals surface area contributed by atoms with Gasteiger partial charge < -0.3 is 5.32 Å². The highest BCUT2D eigenvalue weighted by molar-refractivity contribution is 5.78. The monoisotopic (exact) mass is 318 g/mol. The SMILES string of the molecule is c1cncc(C(c2ccc3ccccc3n2)N2CCCNCC2)c1. The van der Waals surface area contributed by atoms with Crippen molar-refractivity contribution in [2.75, 3.05) is 26.2 Å². The Hall–Kier alpha value is -2.30. The Kier molecular flexibility index (Phi) is 4.49. The van der Waals surface area contributed by atoms with Crippen molar-refractivity contribution in [3.63, 3.8) is 0 Å². The van der Waals surface area contributed by atoms with Crippen LogP contribution < -0.4 is 5.32 Å². The predicted molar refractivity (Wildman–Crippen MR) is 96.9 cm³/mol. The van der Waals surface area contributed by atoms with Gasteiger partial charge in [0.25, 0.3) is 0 Å². The van der Waals surface area contributed by atoms with Crippen LogP contribution in [0.4, 0.5) is 0 Å². The molecule has 4 nitrogen and oxygen atoms in total. The minimum absolute atomic E-state index is 0.156. The zero-order valence-electron chi connectivity index (χ0n) is 13.7. The first-order chi connectivity index (χ1) is 11.9. The van der Waals surface area contributed by atoms with E-state index in [2.05, 4.69) is 51.6 Å². The van der Waals surface area contributed by atoms with E-state index in [-0.39, 0.29) is 6.04 Å². The third kappa shape index (κ3) is 3.16. The summed E-state index contributed by atoms with van der Waals surface area (Å²) in [5.74, 6) is 0. The molecule has 1 N–H and O–H groups in total. The van der Waals surface area contributed by atoms with Crippen LogP contribution in [0.25, 0.3) is 10.9 Å². The Morgan fingerprint density at radius 1 is 0.958 bits per heavy atom. The third-order valence-corrected chi connectivity index (χ3v) is 4.64. The van der Waals surface area contributed by atoms with Crippen molar-refractivity contribution in [1.82, 2.24) is 20.2 Å². The van der Waals surface area contributed by atoms with Crippen molar-refractivity contribution >= 4 is 10.9 Å². The Bertz CT molecular complexity index is 795. The number of rotatable bonds is 3. The number of hydrogen-bond acceptors (Lipinski definition) is 4. The molecule has 3 aromatic rings. The Morgan fingerprint density at radius 2 is 1.92 bits per heavy atom. The molecule has 1 unspecified atom stereocenters. The maximum atomic E-state index is 4.97. The second kappa shape index (κ2) is 7.07. The molecule has 4 rings (SSSR count). The van der Waals surface area contributed by atoms with E-state index in [0.717, 1.165) is 43.8 Å². The fraction of sp³-hybridized carbons (Fsp3) is 0.300. The van der Waals surface area contributed by atoms with Crippen LogP contribution in [-0.4, -0.2) is 41.0 Å². The van der Waals surface area contributed by atoms with Crippen LogP contribution in [0.3, 0.4) is 0 Å². The fourth-order valence-electron chi connectivity index (χ4n) is 3.47. The number of nitrogens with one attached hydrogen (secondary N) is 1. The molecule has 0 aliphatic carbocycles. The van der Waals surface area contributed by atoms with Crippen molar-refractivity contribution in [1.29, 1.82) is 0 Å². The summed E-state index contributed by atoms with van der Waals surface area (Å²) in [6, 6.07) is 17.0. The van der Waals surface area contributed by atoms with E-state index in [0.29, 0.717) is 0 Å². The van der Waals surface area contributed by atoms with Crippen molar-refractivity contribution in [3.8, 4) is 0 Å². The molecule has 0 saturated carbocycles. The maximum absolute atomic E-state index is 4.97. The van der Waals surface area contributed by atoms with Crippen LogP contribution in [0, 0.1) is 0 Å². The summed E-state index contributed by atoms with van der Waals surface area (Å²) in [5.41, 5.74) is 3.36. The molecule has 1 aliphatic heterocycles. The molecular weight excluding hydrogens is 296 g/mol. The van der Waals surface area contributed by atoms with E-state index in [4.69, 9.17) is 4.98 Å². The minimum atomic E-state index is 0.156. The van der Waals surface area contributed by atoms with Crippen molar-refractivity contribution in [2.24, 2.45) is 0 Å². The summed E-state index contributed by atoms with van der Waals surface area (Å²) in [6.07, 6.45) is 4.96. The van der Waals surface area contributed by atoms with E-state index in [9.17, 15) is 0 Å². The van der Waals surface area contributed by atoms with Crippen molar-refractivity contribution < 1.29 is 0 Å². The highest BCUT2D eigenvalue weighted by Crippen LogP contribution is 2.28. The largest absolute Gasteiger partial charge is 0.315 e. The molecule has 4 heteroatoms. The molecule has 1 fully saturated rings. The number of benzene rings is 1. The summed E-state index contributed by atoms with van der Waals surface area (Å²) in [4.78, 5) is 11.8. The van der Waals surface area contributed by atoms with Gasteiger partial charge in [0.1, 0.15) is 0 Å². The van der Waals surface area contributed by atoms with E-state index in [1.165, 1.54) is 10.9 Å². The minimum Gasteiger partial charge on any atom is -0.315 e. The van der Waals surface area contributed by atoms with Gasteiger partial charge in [-0.05, 0) is 36.7 Å². The first-order valence-corrected chi connectivity index (χ1v) is 8.62. The number of aromatic nitrogens is 2. The molecule has 3 heterocycles. The molecule has 2 aromatic heterocycles. The van der Waals surface area contributed by atoms with Crippen LogP contribution in [0.5, 0.6) is 0 Å². The predicted octanol–water partition coefficient (Wildman–Crippen LogP) is 3.01. The first kappa shape index (κ1) is 15.2. The van der Waals surface area contributed by atoms with Gasteiger partial charge >= 0.3 is 0 Å². The number of pyridine rings is 2. The number of hydrogen-bond donors (Lipinski definition) is 1. The molecular formula is C20H22N4.